The van der Waals surface area contributed by atoms with Crippen LogP contribution in [0, 0.1) is 5.92 Å². The van der Waals surface area contributed by atoms with Crippen molar-refractivity contribution < 1.29 is 37.4 Å². The largest absolute Gasteiger partial charge is 0.481 e. The zero-order valence-electron chi connectivity index (χ0n) is 19.1. The van der Waals surface area contributed by atoms with E-state index in [1.807, 2.05) is 53.8 Å². The summed E-state index contributed by atoms with van der Waals surface area (Å²) in [7, 11) is 0. The maximum Gasteiger partial charge on any atom is 0.408 e. The first-order valence-corrected chi connectivity index (χ1v) is 11.3. The molecule has 1 aliphatic carbocycles. The van der Waals surface area contributed by atoms with E-state index in [0.29, 0.717) is 0 Å². The Morgan fingerprint density at radius 1 is 1.03 bits per heavy atom. The second-order valence-electron chi connectivity index (χ2n) is 8.35. The number of ether oxygens (including phenoxy) is 1. The minimum atomic E-state index is -4.79. The van der Waals surface area contributed by atoms with Gasteiger partial charge >= 0.3 is 18.2 Å². The lowest BCUT2D eigenvalue weighted by Gasteiger charge is -2.22. The Morgan fingerprint density at radius 3 is 2.11 bits per heavy atom. The number of hydrogen-bond acceptors (Lipinski definition) is 4. The molecule has 2 aromatic carbocycles. The third kappa shape index (κ3) is 6.52. The lowest BCUT2D eigenvalue weighted by atomic mass is 9.98. The van der Waals surface area contributed by atoms with Crippen LogP contribution in [0.5, 0.6) is 0 Å². The number of amides is 2. The molecule has 2 atom stereocenters. The third-order valence-corrected chi connectivity index (χ3v) is 6.08. The summed E-state index contributed by atoms with van der Waals surface area (Å²) in [5.41, 5.74) is 3.84. The summed E-state index contributed by atoms with van der Waals surface area (Å²) in [6, 6.07) is 12.9. The van der Waals surface area contributed by atoms with Crippen molar-refractivity contribution in [2.24, 2.45) is 5.92 Å². The van der Waals surface area contributed by atoms with E-state index < -0.39 is 48.9 Å². The number of carboxylic acids is 1. The number of aliphatic carboxylic acids is 1. The van der Waals surface area contributed by atoms with Crippen LogP contribution in [0.15, 0.2) is 48.5 Å². The zero-order valence-corrected chi connectivity index (χ0v) is 19.1. The van der Waals surface area contributed by atoms with Gasteiger partial charge in [-0.1, -0.05) is 55.5 Å². The molecule has 1 unspecified atom stereocenters. The quantitative estimate of drug-likeness (QED) is 0.454. The number of nitrogens with one attached hydrogen (secondary N) is 2. The minimum absolute atomic E-state index is 0.140. The molecule has 3 rings (SSSR count). The number of carbonyl (C=O) groups excluding carboxylic acids is 2. The van der Waals surface area contributed by atoms with Crippen molar-refractivity contribution in [2.75, 3.05) is 13.2 Å². The van der Waals surface area contributed by atoms with Gasteiger partial charge in [0, 0.05) is 18.9 Å². The second-order valence-corrected chi connectivity index (χ2v) is 8.35. The number of hydrogen-bond donors (Lipinski definition) is 3. The van der Waals surface area contributed by atoms with E-state index in [2.05, 4.69) is 5.32 Å². The number of alkyl carbamates (subject to hydrolysis) is 1. The minimum Gasteiger partial charge on any atom is -0.481 e. The smallest absolute Gasteiger partial charge is 0.408 e. The van der Waals surface area contributed by atoms with Crippen LogP contribution >= 0.6 is 0 Å². The molecule has 2 amide bonds. The van der Waals surface area contributed by atoms with Crippen LogP contribution in [0.4, 0.5) is 18.0 Å². The van der Waals surface area contributed by atoms with Crippen LogP contribution in [0.25, 0.3) is 11.1 Å². The van der Waals surface area contributed by atoms with Crippen LogP contribution in [0.1, 0.15) is 43.2 Å². The molecular formula is C25H27F3N2O5. The van der Waals surface area contributed by atoms with E-state index in [0.717, 1.165) is 22.3 Å². The Hall–Kier alpha value is -3.56. The predicted molar refractivity (Wildman–Crippen MR) is 122 cm³/mol. The molecule has 0 fully saturated rings. The first-order chi connectivity index (χ1) is 16.6. The Balaban J connectivity index is 1.56. The van der Waals surface area contributed by atoms with Crippen LogP contribution in [-0.2, 0) is 14.3 Å². The fourth-order valence-electron chi connectivity index (χ4n) is 4.11. The van der Waals surface area contributed by atoms with Gasteiger partial charge in [0.2, 0.25) is 5.91 Å². The molecule has 0 saturated heterocycles. The average Bonchev–Trinajstić information content (AvgIpc) is 3.13. The van der Waals surface area contributed by atoms with Crippen molar-refractivity contribution in [1.82, 2.24) is 10.6 Å². The SMILES string of the molecule is CCC(CNC(=O)CC[C@H](NC(=O)OCC1c2ccccc2-c2ccccc21)C(F)(F)F)C(=O)O. The Bertz CT molecular complexity index is 1030. The molecule has 0 heterocycles. The molecule has 10 heteroatoms. The van der Waals surface area contributed by atoms with Crippen LogP contribution in [0.3, 0.4) is 0 Å². The molecule has 35 heavy (non-hydrogen) atoms. The third-order valence-electron chi connectivity index (χ3n) is 6.08. The summed E-state index contributed by atoms with van der Waals surface area (Å²) in [5, 5.41) is 13.1. The molecule has 0 aliphatic heterocycles. The van der Waals surface area contributed by atoms with Crippen molar-refractivity contribution in [3.8, 4) is 11.1 Å². The number of carboxylic acid groups (broad SMARTS) is 1. The number of carbonyl (C=O) groups is 3. The summed E-state index contributed by atoms with van der Waals surface area (Å²) in [4.78, 5) is 35.2. The predicted octanol–water partition coefficient (Wildman–Crippen LogP) is 4.46. The standard InChI is InChI=1S/C25H27F3N2O5/c1-2-15(23(32)33)13-29-22(31)12-11-21(25(26,27)28)30-24(34)35-14-20-18-9-5-3-7-16(18)17-8-4-6-10-19(17)20/h3-10,15,20-21H,2,11-14H2,1H3,(H,29,31)(H,30,34)(H,32,33)/t15?,21-/m0/s1. The van der Waals surface area contributed by atoms with Crippen molar-refractivity contribution >= 4 is 18.0 Å². The highest BCUT2D eigenvalue weighted by Crippen LogP contribution is 2.44. The van der Waals surface area contributed by atoms with Crippen molar-refractivity contribution in [2.45, 2.75) is 44.3 Å². The van der Waals surface area contributed by atoms with Gasteiger partial charge in [-0.15, -0.1) is 0 Å². The number of benzene rings is 2. The van der Waals surface area contributed by atoms with Crippen LogP contribution < -0.4 is 10.6 Å². The maximum atomic E-state index is 13.5. The molecule has 1 aliphatic rings. The molecular weight excluding hydrogens is 465 g/mol. The van der Waals surface area contributed by atoms with Gasteiger partial charge < -0.3 is 20.5 Å². The maximum absolute atomic E-state index is 13.5. The van der Waals surface area contributed by atoms with Gasteiger partial charge in [0.05, 0.1) is 5.92 Å². The van der Waals surface area contributed by atoms with Gasteiger partial charge in [-0.25, -0.2) is 4.79 Å². The summed E-state index contributed by atoms with van der Waals surface area (Å²) in [6.45, 7) is 1.31. The summed E-state index contributed by atoms with van der Waals surface area (Å²) in [6.07, 6.45) is -7.00. The topological polar surface area (TPSA) is 105 Å². The molecule has 0 saturated carbocycles. The number of halogens is 3. The molecule has 2 aromatic rings. The Labute approximate surface area is 200 Å². The lowest BCUT2D eigenvalue weighted by Crippen LogP contribution is -2.46. The normalized spacial score (nSPS) is 14.4. The van der Waals surface area contributed by atoms with E-state index in [4.69, 9.17) is 9.84 Å². The number of rotatable bonds is 10. The van der Waals surface area contributed by atoms with E-state index in [1.54, 1.807) is 6.92 Å². The van der Waals surface area contributed by atoms with Crippen molar-refractivity contribution in [1.29, 1.82) is 0 Å². The lowest BCUT2D eigenvalue weighted by molar-refractivity contribution is -0.156. The van der Waals surface area contributed by atoms with E-state index in [-0.39, 0.29) is 25.5 Å². The van der Waals surface area contributed by atoms with Gasteiger partial charge in [0.1, 0.15) is 12.6 Å². The molecule has 188 valence electrons. The fraction of sp³-hybridized carbons (Fsp3) is 0.400. The summed E-state index contributed by atoms with van der Waals surface area (Å²) >= 11 is 0. The molecule has 0 radical (unpaired) electrons. The van der Waals surface area contributed by atoms with E-state index in [9.17, 15) is 27.6 Å². The van der Waals surface area contributed by atoms with E-state index >= 15 is 0 Å². The molecule has 0 aromatic heterocycles. The Kier molecular flexibility index (Phi) is 8.37. The van der Waals surface area contributed by atoms with Gasteiger partial charge in [0.15, 0.2) is 0 Å². The summed E-state index contributed by atoms with van der Waals surface area (Å²) < 4.78 is 45.6. The Morgan fingerprint density at radius 2 is 1.60 bits per heavy atom. The number of fused-ring (bicyclic) bond motifs is 3. The van der Waals surface area contributed by atoms with Gasteiger partial charge in [-0.05, 0) is 35.1 Å². The first kappa shape index (κ1) is 26.1. The van der Waals surface area contributed by atoms with Gasteiger partial charge in [-0.2, -0.15) is 13.2 Å². The van der Waals surface area contributed by atoms with Crippen molar-refractivity contribution in [3.63, 3.8) is 0 Å². The fourth-order valence-corrected chi connectivity index (χ4v) is 4.11. The highest BCUT2D eigenvalue weighted by atomic mass is 19.4. The van der Waals surface area contributed by atoms with Gasteiger partial charge in [0.25, 0.3) is 0 Å². The zero-order chi connectivity index (χ0) is 25.6. The second kappa shape index (κ2) is 11.2. The molecule has 0 spiro atoms. The highest BCUT2D eigenvalue weighted by molar-refractivity contribution is 5.79. The van der Waals surface area contributed by atoms with Crippen molar-refractivity contribution in [3.05, 3.63) is 59.7 Å². The number of alkyl halides is 3. The summed E-state index contributed by atoms with van der Waals surface area (Å²) in [5.74, 6) is -2.95. The average molecular weight is 492 g/mol. The molecule has 7 nitrogen and oxygen atoms in total. The van der Waals surface area contributed by atoms with Gasteiger partial charge in [-0.3, -0.25) is 9.59 Å². The van der Waals surface area contributed by atoms with Crippen LogP contribution in [0.2, 0.25) is 0 Å². The first-order valence-electron chi connectivity index (χ1n) is 11.3. The highest BCUT2D eigenvalue weighted by Gasteiger charge is 2.41. The van der Waals surface area contributed by atoms with E-state index in [1.165, 1.54) is 0 Å². The molecule has 0 bridgehead atoms. The molecule has 3 N–H and O–H groups in total. The van der Waals surface area contributed by atoms with Crippen LogP contribution in [-0.4, -0.2) is 48.4 Å². The monoisotopic (exact) mass is 492 g/mol.